The highest BCUT2D eigenvalue weighted by Crippen LogP contribution is 2.26. The lowest BCUT2D eigenvalue weighted by atomic mass is 10.0. The van der Waals surface area contributed by atoms with E-state index in [-0.39, 0.29) is 18.4 Å². The number of carbonyl (C=O) groups excluding carboxylic acids is 3. The number of rotatable bonds is 3. The molecule has 140 valence electrons. The molecule has 0 spiro atoms. The van der Waals surface area contributed by atoms with Crippen LogP contribution in [0, 0.1) is 0 Å². The number of hydrogen-bond acceptors (Lipinski definition) is 4. The van der Waals surface area contributed by atoms with Crippen LogP contribution in [0.15, 0.2) is 18.2 Å². The second-order valence-corrected chi connectivity index (χ2v) is 7.23. The molecule has 0 radical (unpaired) electrons. The van der Waals surface area contributed by atoms with Crippen LogP contribution in [0.4, 0.5) is 10.5 Å². The van der Waals surface area contributed by atoms with Crippen molar-refractivity contribution in [3.8, 4) is 0 Å². The molecule has 0 bridgehead atoms. The summed E-state index contributed by atoms with van der Waals surface area (Å²) >= 11 is 11.8. The number of aliphatic hydroxyl groups is 1. The van der Waals surface area contributed by atoms with Crippen molar-refractivity contribution in [2.45, 2.75) is 37.6 Å². The molecule has 8 nitrogen and oxygen atoms in total. The summed E-state index contributed by atoms with van der Waals surface area (Å²) in [5, 5.41) is 18.3. The largest absolute Gasteiger partial charge is 0.391 e. The van der Waals surface area contributed by atoms with E-state index < -0.39 is 30.3 Å². The van der Waals surface area contributed by atoms with Crippen LogP contribution in [-0.2, 0) is 9.59 Å². The molecule has 10 heteroatoms. The molecule has 1 aromatic rings. The van der Waals surface area contributed by atoms with E-state index in [1.807, 2.05) is 0 Å². The Balaban J connectivity index is 1.63. The van der Waals surface area contributed by atoms with Crippen LogP contribution in [0.25, 0.3) is 0 Å². The van der Waals surface area contributed by atoms with Gasteiger partial charge in [-0.25, -0.2) is 4.79 Å². The summed E-state index contributed by atoms with van der Waals surface area (Å²) in [6, 6.07) is 2.17. The zero-order chi connectivity index (χ0) is 19.0. The second kappa shape index (κ2) is 7.30. The first kappa shape index (κ1) is 18.8. The first-order chi connectivity index (χ1) is 12.3. The number of piperazine rings is 1. The Morgan fingerprint density at radius 2 is 2.12 bits per heavy atom. The number of aliphatic hydroxyl groups excluding tert-OH is 1. The fourth-order valence-electron chi connectivity index (χ4n) is 3.18. The Bertz CT molecular complexity index is 758. The van der Waals surface area contributed by atoms with Crippen LogP contribution < -0.4 is 16.0 Å². The van der Waals surface area contributed by atoms with Gasteiger partial charge < -0.3 is 26.0 Å². The summed E-state index contributed by atoms with van der Waals surface area (Å²) in [5.41, 5.74) is 0.396. The average Bonchev–Trinajstić information content (AvgIpc) is 2.98. The Morgan fingerprint density at radius 3 is 2.77 bits per heavy atom. The Kier molecular flexibility index (Phi) is 5.27. The summed E-state index contributed by atoms with van der Waals surface area (Å²) in [6.07, 6.45) is -0.693. The normalized spacial score (nSPS) is 26.2. The maximum absolute atomic E-state index is 12.4. The van der Waals surface area contributed by atoms with E-state index in [2.05, 4.69) is 16.0 Å². The van der Waals surface area contributed by atoms with Crippen LogP contribution in [0.3, 0.4) is 0 Å². The van der Waals surface area contributed by atoms with E-state index in [0.29, 0.717) is 22.2 Å². The number of fused-ring (bicyclic) bond motifs is 1. The van der Waals surface area contributed by atoms with Gasteiger partial charge in [0.2, 0.25) is 11.8 Å². The molecule has 4 amide bonds. The van der Waals surface area contributed by atoms with Crippen molar-refractivity contribution < 1.29 is 19.5 Å². The van der Waals surface area contributed by atoms with Gasteiger partial charge >= 0.3 is 6.03 Å². The Morgan fingerprint density at radius 1 is 1.38 bits per heavy atom. The molecule has 1 aromatic carbocycles. The fraction of sp³-hybridized carbons (Fsp3) is 0.438. The number of nitrogens with zero attached hydrogens (tertiary/aromatic N) is 1. The topological polar surface area (TPSA) is 111 Å². The molecule has 2 fully saturated rings. The number of nitrogens with one attached hydrogen (secondary N) is 3. The van der Waals surface area contributed by atoms with Gasteiger partial charge in [-0.15, -0.1) is 0 Å². The van der Waals surface area contributed by atoms with Crippen LogP contribution in [0.1, 0.15) is 13.3 Å². The lowest BCUT2D eigenvalue weighted by molar-refractivity contribution is -0.149. The van der Waals surface area contributed by atoms with E-state index in [1.165, 1.54) is 17.9 Å². The highest BCUT2D eigenvalue weighted by Gasteiger charge is 2.47. The van der Waals surface area contributed by atoms with E-state index in [0.717, 1.165) is 0 Å². The Labute approximate surface area is 159 Å². The predicted molar refractivity (Wildman–Crippen MR) is 96.1 cm³/mol. The third kappa shape index (κ3) is 3.72. The number of anilines is 1. The van der Waals surface area contributed by atoms with Crippen LogP contribution >= 0.6 is 23.2 Å². The van der Waals surface area contributed by atoms with Crippen LogP contribution in [0.5, 0.6) is 0 Å². The fourth-order valence-corrected chi connectivity index (χ4v) is 3.64. The first-order valence-corrected chi connectivity index (χ1v) is 8.83. The van der Waals surface area contributed by atoms with E-state index in [4.69, 9.17) is 23.2 Å². The highest BCUT2D eigenvalue weighted by molar-refractivity contribution is 6.36. The molecular formula is C16H18Cl2N4O4. The van der Waals surface area contributed by atoms with Crippen molar-refractivity contribution >= 4 is 46.7 Å². The third-order valence-corrected chi connectivity index (χ3v) is 5.00. The Hall–Kier alpha value is -2.03. The molecule has 26 heavy (non-hydrogen) atoms. The maximum Gasteiger partial charge on any atom is 0.319 e. The minimum Gasteiger partial charge on any atom is -0.391 e. The standard InChI is InChI=1S/C16H18Cl2N4O4/c1-7(23)13-15(25)22-6-9(5-12(22)14(24)21-13)19-16(26)20-11-3-2-8(17)4-10(11)18/h2-4,7,9,12-13,23H,5-6H2,1H3,(H,21,24)(H2,19,20,26)/t7-,9-,12-,13+/m0/s1. The van der Waals surface area contributed by atoms with Crippen LogP contribution in [0.2, 0.25) is 10.0 Å². The summed E-state index contributed by atoms with van der Waals surface area (Å²) in [6.45, 7) is 1.64. The number of carbonyl (C=O) groups is 3. The van der Waals surface area contributed by atoms with Gasteiger partial charge in [0.1, 0.15) is 12.1 Å². The molecule has 4 N–H and O–H groups in total. The van der Waals surface area contributed by atoms with Gasteiger partial charge in [-0.1, -0.05) is 23.2 Å². The number of benzene rings is 1. The van der Waals surface area contributed by atoms with E-state index in [9.17, 15) is 19.5 Å². The summed E-state index contributed by atoms with van der Waals surface area (Å²) < 4.78 is 0. The lowest BCUT2D eigenvalue weighted by Crippen LogP contribution is -2.64. The van der Waals surface area contributed by atoms with Gasteiger partial charge in [-0.2, -0.15) is 0 Å². The van der Waals surface area contributed by atoms with Gasteiger partial charge in [0.25, 0.3) is 0 Å². The summed E-state index contributed by atoms with van der Waals surface area (Å²) in [4.78, 5) is 38.1. The predicted octanol–water partition coefficient (Wildman–Crippen LogP) is 0.964. The summed E-state index contributed by atoms with van der Waals surface area (Å²) in [5.74, 6) is -0.684. The molecule has 0 aromatic heterocycles. The minimum atomic E-state index is -0.991. The maximum atomic E-state index is 12.4. The molecule has 3 rings (SSSR count). The molecule has 2 heterocycles. The number of halogens is 2. The molecule has 2 aliphatic rings. The first-order valence-electron chi connectivity index (χ1n) is 8.07. The van der Waals surface area contributed by atoms with Gasteiger partial charge in [0.15, 0.2) is 0 Å². The van der Waals surface area contributed by atoms with E-state index in [1.54, 1.807) is 12.1 Å². The van der Waals surface area contributed by atoms with Gasteiger partial charge in [0.05, 0.1) is 22.9 Å². The number of hydrogen-bond donors (Lipinski definition) is 4. The third-order valence-electron chi connectivity index (χ3n) is 4.45. The van der Waals surface area contributed by atoms with Gasteiger partial charge in [-0.05, 0) is 31.5 Å². The molecule has 2 saturated heterocycles. The van der Waals surface area contributed by atoms with E-state index >= 15 is 0 Å². The minimum absolute atomic E-state index is 0.196. The second-order valence-electron chi connectivity index (χ2n) is 6.39. The highest BCUT2D eigenvalue weighted by atomic mass is 35.5. The smallest absolute Gasteiger partial charge is 0.319 e. The van der Waals surface area contributed by atoms with Crippen molar-refractivity contribution in [3.63, 3.8) is 0 Å². The molecule has 0 unspecified atom stereocenters. The van der Waals surface area contributed by atoms with Gasteiger partial charge in [-0.3, -0.25) is 9.59 Å². The van der Waals surface area contributed by atoms with Crippen molar-refractivity contribution in [1.82, 2.24) is 15.5 Å². The molecule has 4 atom stereocenters. The zero-order valence-corrected chi connectivity index (χ0v) is 15.3. The summed E-state index contributed by atoms with van der Waals surface area (Å²) in [7, 11) is 0. The quantitative estimate of drug-likeness (QED) is 0.605. The molecule has 0 saturated carbocycles. The molecule has 2 aliphatic heterocycles. The molecule has 0 aliphatic carbocycles. The monoisotopic (exact) mass is 400 g/mol. The number of urea groups is 1. The van der Waals surface area contributed by atoms with Crippen LogP contribution in [-0.4, -0.2) is 58.6 Å². The number of amides is 4. The lowest BCUT2D eigenvalue weighted by Gasteiger charge is -2.35. The SMILES string of the molecule is C[C@H](O)[C@H]1NC(=O)[C@@H]2C[C@H](NC(=O)Nc3ccc(Cl)cc3Cl)CN2C1=O. The zero-order valence-electron chi connectivity index (χ0n) is 13.8. The van der Waals surface area contributed by atoms with Gasteiger partial charge in [0, 0.05) is 11.6 Å². The van der Waals surface area contributed by atoms with Crippen molar-refractivity contribution in [2.24, 2.45) is 0 Å². The van der Waals surface area contributed by atoms with Crippen molar-refractivity contribution in [2.75, 3.05) is 11.9 Å². The molecular weight excluding hydrogens is 383 g/mol. The average molecular weight is 401 g/mol. The van der Waals surface area contributed by atoms with Crippen molar-refractivity contribution in [1.29, 1.82) is 0 Å². The van der Waals surface area contributed by atoms with Crippen molar-refractivity contribution in [3.05, 3.63) is 28.2 Å².